The first-order valence-corrected chi connectivity index (χ1v) is 7.81. The Balaban J connectivity index is 1.84. The molecule has 0 bridgehead atoms. The summed E-state index contributed by atoms with van der Waals surface area (Å²) in [6.45, 7) is 0. The minimum Gasteiger partial charge on any atom is -0.496 e. The van der Waals surface area contributed by atoms with Crippen molar-refractivity contribution in [3.05, 3.63) is 53.6 Å². The highest BCUT2D eigenvalue weighted by Crippen LogP contribution is 2.49. The molecule has 0 radical (unpaired) electrons. The van der Waals surface area contributed by atoms with Gasteiger partial charge in [0.2, 0.25) is 0 Å². The first-order valence-electron chi connectivity index (χ1n) is 7.81. The molecule has 3 rings (SSSR count). The SMILES string of the molecule is COc1ccc(C(=O)NC2(c3ccccc3OC)CC2)cc1OC. The van der Waals surface area contributed by atoms with Crippen LogP contribution >= 0.6 is 0 Å². The van der Waals surface area contributed by atoms with E-state index in [4.69, 9.17) is 14.2 Å². The number of carbonyl (C=O) groups is 1. The second-order valence-corrected chi connectivity index (χ2v) is 5.81. The second-order valence-electron chi connectivity index (χ2n) is 5.81. The van der Waals surface area contributed by atoms with E-state index in [-0.39, 0.29) is 11.4 Å². The topological polar surface area (TPSA) is 56.8 Å². The zero-order chi connectivity index (χ0) is 17.2. The number of nitrogens with one attached hydrogen (secondary N) is 1. The molecule has 1 aliphatic carbocycles. The van der Waals surface area contributed by atoms with E-state index in [2.05, 4.69) is 5.32 Å². The summed E-state index contributed by atoms with van der Waals surface area (Å²) in [6.07, 6.45) is 1.79. The van der Waals surface area contributed by atoms with E-state index in [0.29, 0.717) is 17.1 Å². The predicted molar refractivity (Wildman–Crippen MR) is 90.9 cm³/mol. The Hall–Kier alpha value is -2.69. The van der Waals surface area contributed by atoms with Crippen LogP contribution < -0.4 is 19.5 Å². The molecule has 0 spiro atoms. The maximum atomic E-state index is 12.7. The first-order chi connectivity index (χ1) is 11.6. The van der Waals surface area contributed by atoms with Crippen LogP contribution in [0.15, 0.2) is 42.5 Å². The molecule has 0 atom stereocenters. The number of methoxy groups -OCH3 is 3. The summed E-state index contributed by atoms with van der Waals surface area (Å²) in [6, 6.07) is 13.0. The lowest BCUT2D eigenvalue weighted by atomic mass is 10.0. The highest BCUT2D eigenvalue weighted by molar-refractivity contribution is 5.95. The Morgan fingerprint density at radius 1 is 0.917 bits per heavy atom. The van der Waals surface area contributed by atoms with Crippen LogP contribution in [0.1, 0.15) is 28.8 Å². The van der Waals surface area contributed by atoms with E-state index in [1.807, 2.05) is 24.3 Å². The molecule has 1 amide bonds. The number of ether oxygens (including phenoxy) is 3. The Morgan fingerprint density at radius 2 is 1.58 bits per heavy atom. The van der Waals surface area contributed by atoms with Crippen LogP contribution in [-0.4, -0.2) is 27.2 Å². The van der Waals surface area contributed by atoms with Gasteiger partial charge in [0.1, 0.15) is 5.75 Å². The van der Waals surface area contributed by atoms with E-state index < -0.39 is 0 Å². The van der Waals surface area contributed by atoms with Crippen molar-refractivity contribution >= 4 is 5.91 Å². The molecule has 126 valence electrons. The summed E-state index contributed by atoms with van der Waals surface area (Å²) in [7, 11) is 4.76. The van der Waals surface area contributed by atoms with Gasteiger partial charge in [-0.05, 0) is 37.1 Å². The monoisotopic (exact) mass is 327 g/mol. The maximum Gasteiger partial charge on any atom is 0.252 e. The van der Waals surface area contributed by atoms with Gasteiger partial charge in [-0.2, -0.15) is 0 Å². The lowest BCUT2D eigenvalue weighted by Crippen LogP contribution is -2.35. The van der Waals surface area contributed by atoms with E-state index in [1.54, 1.807) is 39.5 Å². The average Bonchev–Trinajstić information content (AvgIpc) is 3.41. The quantitative estimate of drug-likeness (QED) is 0.885. The molecular weight excluding hydrogens is 306 g/mol. The summed E-state index contributed by atoms with van der Waals surface area (Å²) < 4.78 is 15.9. The number of amides is 1. The third kappa shape index (κ3) is 2.89. The number of rotatable bonds is 6. The van der Waals surface area contributed by atoms with Crippen LogP contribution in [0.2, 0.25) is 0 Å². The predicted octanol–water partition coefficient (Wildman–Crippen LogP) is 3.13. The van der Waals surface area contributed by atoms with Crippen LogP contribution in [0.25, 0.3) is 0 Å². The van der Waals surface area contributed by atoms with Crippen molar-refractivity contribution in [3.8, 4) is 17.2 Å². The fourth-order valence-corrected chi connectivity index (χ4v) is 2.89. The summed E-state index contributed by atoms with van der Waals surface area (Å²) in [5, 5.41) is 3.15. The van der Waals surface area contributed by atoms with Crippen molar-refractivity contribution in [1.82, 2.24) is 5.32 Å². The lowest BCUT2D eigenvalue weighted by molar-refractivity contribution is 0.0930. The number of hydrogen-bond donors (Lipinski definition) is 1. The van der Waals surface area contributed by atoms with Gasteiger partial charge in [-0.15, -0.1) is 0 Å². The minimum atomic E-state index is -0.350. The molecule has 2 aromatic rings. The summed E-state index contributed by atoms with van der Waals surface area (Å²) >= 11 is 0. The molecule has 1 fully saturated rings. The summed E-state index contributed by atoms with van der Waals surface area (Å²) in [5.41, 5.74) is 1.20. The van der Waals surface area contributed by atoms with Crippen LogP contribution in [0.4, 0.5) is 0 Å². The van der Waals surface area contributed by atoms with E-state index >= 15 is 0 Å². The van der Waals surface area contributed by atoms with Crippen molar-refractivity contribution in [2.75, 3.05) is 21.3 Å². The zero-order valence-corrected chi connectivity index (χ0v) is 14.1. The standard InChI is InChI=1S/C19H21NO4/c1-22-15-7-5-4-6-14(15)19(10-11-19)20-18(21)13-8-9-16(23-2)17(12-13)24-3/h4-9,12H,10-11H2,1-3H3,(H,20,21). The largest absolute Gasteiger partial charge is 0.496 e. The molecule has 0 unspecified atom stereocenters. The highest BCUT2D eigenvalue weighted by Gasteiger charge is 2.47. The molecule has 5 heteroatoms. The second kappa shape index (κ2) is 6.43. The van der Waals surface area contributed by atoms with Crippen LogP contribution in [0.3, 0.4) is 0 Å². The van der Waals surface area contributed by atoms with Crippen molar-refractivity contribution in [1.29, 1.82) is 0 Å². The van der Waals surface area contributed by atoms with Gasteiger partial charge in [0.25, 0.3) is 5.91 Å². The van der Waals surface area contributed by atoms with E-state index in [0.717, 1.165) is 24.2 Å². The Kier molecular flexibility index (Phi) is 4.34. The molecule has 1 saturated carbocycles. The number of benzene rings is 2. The van der Waals surface area contributed by atoms with Crippen LogP contribution in [0, 0.1) is 0 Å². The molecule has 0 aromatic heterocycles. The number of para-hydroxylation sites is 1. The minimum absolute atomic E-state index is 0.139. The number of hydrogen-bond acceptors (Lipinski definition) is 4. The van der Waals surface area contributed by atoms with Gasteiger partial charge in [0, 0.05) is 11.1 Å². The van der Waals surface area contributed by atoms with Crippen LogP contribution in [-0.2, 0) is 5.54 Å². The van der Waals surface area contributed by atoms with Crippen molar-refractivity contribution in [2.45, 2.75) is 18.4 Å². The Morgan fingerprint density at radius 3 is 2.21 bits per heavy atom. The number of carbonyl (C=O) groups excluding carboxylic acids is 1. The molecule has 0 saturated heterocycles. The smallest absolute Gasteiger partial charge is 0.252 e. The molecule has 1 N–H and O–H groups in total. The molecule has 0 aliphatic heterocycles. The average molecular weight is 327 g/mol. The molecule has 2 aromatic carbocycles. The Labute approximate surface area is 141 Å². The summed E-state index contributed by atoms with van der Waals surface area (Å²) in [5.74, 6) is 1.79. The fourth-order valence-electron chi connectivity index (χ4n) is 2.89. The van der Waals surface area contributed by atoms with Gasteiger partial charge in [0.15, 0.2) is 11.5 Å². The van der Waals surface area contributed by atoms with Gasteiger partial charge in [0.05, 0.1) is 26.9 Å². The van der Waals surface area contributed by atoms with Crippen molar-refractivity contribution in [2.24, 2.45) is 0 Å². The van der Waals surface area contributed by atoms with E-state index in [1.165, 1.54) is 0 Å². The molecule has 24 heavy (non-hydrogen) atoms. The third-order valence-electron chi connectivity index (χ3n) is 4.37. The molecular formula is C19H21NO4. The summed E-state index contributed by atoms with van der Waals surface area (Å²) in [4.78, 5) is 12.7. The van der Waals surface area contributed by atoms with E-state index in [9.17, 15) is 4.79 Å². The van der Waals surface area contributed by atoms with Gasteiger partial charge < -0.3 is 19.5 Å². The maximum absolute atomic E-state index is 12.7. The van der Waals surface area contributed by atoms with Gasteiger partial charge in [-0.25, -0.2) is 0 Å². The van der Waals surface area contributed by atoms with Crippen molar-refractivity contribution in [3.63, 3.8) is 0 Å². The first kappa shape index (κ1) is 16.2. The zero-order valence-electron chi connectivity index (χ0n) is 14.1. The molecule has 0 heterocycles. The normalized spacial score (nSPS) is 14.6. The molecule has 5 nitrogen and oxygen atoms in total. The molecule has 1 aliphatic rings. The highest BCUT2D eigenvalue weighted by atomic mass is 16.5. The van der Waals surface area contributed by atoms with Gasteiger partial charge >= 0.3 is 0 Å². The third-order valence-corrected chi connectivity index (χ3v) is 4.37. The van der Waals surface area contributed by atoms with Gasteiger partial charge in [-0.1, -0.05) is 18.2 Å². The van der Waals surface area contributed by atoms with Crippen LogP contribution in [0.5, 0.6) is 17.2 Å². The van der Waals surface area contributed by atoms with Gasteiger partial charge in [-0.3, -0.25) is 4.79 Å². The fraction of sp³-hybridized carbons (Fsp3) is 0.316. The Bertz CT molecular complexity index is 753. The van der Waals surface area contributed by atoms with Crippen molar-refractivity contribution < 1.29 is 19.0 Å². The lowest BCUT2D eigenvalue weighted by Gasteiger charge is -2.21.